The first-order valence-corrected chi connectivity index (χ1v) is 7.96. The molecule has 1 aliphatic carbocycles. The Morgan fingerprint density at radius 1 is 1.42 bits per heavy atom. The Hall–Kier alpha value is -0.650. The van der Waals surface area contributed by atoms with Crippen LogP contribution in [0, 0.1) is 5.82 Å². The summed E-state index contributed by atoms with van der Waals surface area (Å²) in [5, 5.41) is 0. The Morgan fingerprint density at radius 3 is 2.53 bits per heavy atom. The van der Waals surface area contributed by atoms with Crippen LogP contribution >= 0.6 is 22.6 Å². The quantitative estimate of drug-likeness (QED) is 0.438. The van der Waals surface area contributed by atoms with Crippen molar-refractivity contribution in [1.29, 1.82) is 0 Å². The van der Waals surface area contributed by atoms with Crippen molar-refractivity contribution in [2.45, 2.75) is 49.6 Å². The highest BCUT2D eigenvalue weighted by Crippen LogP contribution is 2.43. The highest BCUT2D eigenvalue weighted by Gasteiger charge is 2.29. The van der Waals surface area contributed by atoms with Crippen molar-refractivity contribution in [2.24, 2.45) is 0 Å². The van der Waals surface area contributed by atoms with Gasteiger partial charge in [0.2, 0.25) is 0 Å². The van der Waals surface area contributed by atoms with E-state index in [1.165, 1.54) is 6.07 Å². The highest BCUT2D eigenvalue weighted by molar-refractivity contribution is 14.1. The number of hydrogen-bond acceptors (Lipinski definition) is 2. The average molecular weight is 376 g/mol. The molecule has 0 N–H and O–H groups in total. The lowest BCUT2D eigenvalue weighted by Gasteiger charge is -2.20. The molecule has 0 atom stereocenters. The van der Waals surface area contributed by atoms with Crippen LogP contribution in [0.2, 0.25) is 0 Å². The zero-order valence-corrected chi connectivity index (χ0v) is 13.6. The van der Waals surface area contributed by atoms with Crippen LogP contribution in [0.15, 0.2) is 12.1 Å². The Kier molecular flexibility index (Phi) is 4.18. The first-order valence-electron chi connectivity index (χ1n) is 6.43. The van der Waals surface area contributed by atoms with Gasteiger partial charge in [-0.2, -0.15) is 0 Å². The molecule has 1 saturated carbocycles. The summed E-state index contributed by atoms with van der Waals surface area (Å²) in [6.07, 6.45) is 2.26. The fraction of sp³-hybridized carbons (Fsp3) is 0.533. The number of carbonyl (C=O) groups is 1. The number of esters is 1. The Balaban J connectivity index is 2.35. The van der Waals surface area contributed by atoms with Crippen LogP contribution in [0.25, 0.3) is 0 Å². The third kappa shape index (κ3) is 3.68. The van der Waals surface area contributed by atoms with Gasteiger partial charge in [0, 0.05) is 4.43 Å². The topological polar surface area (TPSA) is 26.3 Å². The predicted molar refractivity (Wildman–Crippen MR) is 81.3 cm³/mol. The molecule has 4 heteroatoms. The molecule has 104 valence electrons. The summed E-state index contributed by atoms with van der Waals surface area (Å²) in [4.78, 5) is 12.0. The Bertz CT molecular complexity index is 502. The van der Waals surface area contributed by atoms with Crippen molar-refractivity contribution < 1.29 is 13.9 Å². The number of rotatable bonds is 3. The fourth-order valence-electron chi connectivity index (χ4n) is 2.01. The molecule has 2 rings (SSSR count). The fourth-order valence-corrected chi connectivity index (χ4v) is 2.67. The molecule has 1 fully saturated rings. The van der Waals surface area contributed by atoms with E-state index < -0.39 is 17.4 Å². The van der Waals surface area contributed by atoms with Gasteiger partial charge < -0.3 is 4.74 Å². The SMILES string of the molecule is CC(C)(C)OC(=O)c1cc(C2CC2)c(CI)cc1F. The van der Waals surface area contributed by atoms with Gasteiger partial charge in [-0.15, -0.1) is 0 Å². The second-order valence-corrected chi connectivity index (χ2v) is 6.70. The van der Waals surface area contributed by atoms with Gasteiger partial charge in [0.25, 0.3) is 0 Å². The molecule has 0 heterocycles. The normalized spacial score (nSPS) is 15.4. The summed E-state index contributed by atoms with van der Waals surface area (Å²) < 4.78 is 20.0. The van der Waals surface area contributed by atoms with Crippen molar-refractivity contribution in [2.75, 3.05) is 0 Å². The second-order valence-electron chi connectivity index (χ2n) is 5.94. The van der Waals surface area contributed by atoms with Gasteiger partial charge in [-0.3, -0.25) is 0 Å². The van der Waals surface area contributed by atoms with Crippen molar-refractivity contribution in [3.05, 3.63) is 34.6 Å². The van der Waals surface area contributed by atoms with E-state index in [4.69, 9.17) is 4.74 Å². The van der Waals surface area contributed by atoms with Crippen LogP contribution in [-0.4, -0.2) is 11.6 Å². The molecule has 0 unspecified atom stereocenters. The minimum Gasteiger partial charge on any atom is -0.456 e. The highest BCUT2D eigenvalue weighted by atomic mass is 127. The van der Waals surface area contributed by atoms with E-state index in [0.717, 1.165) is 28.4 Å². The Morgan fingerprint density at radius 2 is 2.05 bits per heavy atom. The van der Waals surface area contributed by atoms with Crippen molar-refractivity contribution in [3.63, 3.8) is 0 Å². The molecule has 1 aromatic carbocycles. The number of halogens is 2. The minimum absolute atomic E-state index is 0.0606. The molecule has 19 heavy (non-hydrogen) atoms. The third-order valence-electron chi connectivity index (χ3n) is 3.01. The first-order chi connectivity index (χ1) is 8.81. The smallest absolute Gasteiger partial charge is 0.341 e. The third-order valence-corrected chi connectivity index (χ3v) is 3.83. The molecular weight excluding hydrogens is 358 g/mol. The van der Waals surface area contributed by atoms with E-state index in [2.05, 4.69) is 22.6 Å². The van der Waals surface area contributed by atoms with Crippen LogP contribution in [0.1, 0.15) is 61.0 Å². The number of hydrogen-bond donors (Lipinski definition) is 0. The lowest BCUT2D eigenvalue weighted by atomic mass is 10.0. The van der Waals surface area contributed by atoms with Crippen molar-refractivity contribution in [1.82, 2.24) is 0 Å². The largest absolute Gasteiger partial charge is 0.456 e. The van der Waals surface area contributed by atoms with E-state index in [1.807, 2.05) is 0 Å². The number of carbonyl (C=O) groups excluding carboxylic acids is 1. The van der Waals surface area contributed by atoms with E-state index in [1.54, 1.807) is 26.8 Å². The molecule has 0 amide bonds. The summed E-state index contributed by atoms with van der Waals surface area (Å²) in [6.45, 7) is 5.34. The van der Waals surface area contributed by atoms with Crippen LogP contribution in [0.4, 0.5) is 4.39 Å². The van der Waals surface area contributed by atoms with E-state index in [-0.39, 0.29) is 5.56 Å². The maximum atomic E-state index is 14.0. The van der Waals surface area contributed by atoms with Gasteiger partial charge in [0.1, 0.15) is 11.4 Å². The maximum Gasteiger partial charge on any atom is 0.341 e. The molecule has 0 spiro atoms. The van der Waals surface area contributed by atoms with E-state index in [9.17, 15) is 9.18 Å². The number of benzene rings is 1. The number of ether oxygens (including phenoxy) is 1. The molecular formula is C15H18FIO2. The summed E-state index contributed by atoms with van der Waals surface area (Å²) in [7, 11) is 0. The van der Waals surface area contributed by atoms with Crippen molar-refractivity contribution in [3.8, 4) is 0 Å². The molecule has 0 aliphatic heterocycles. The summed E-state index contributed by atoms with van der Waals surface area (Å²) in [5.74, 6) is -0.566. The zero-order valence-electron chi connectivity index (χ0n) is 11.4. The molecule has 0 bridgehead atoms. The number of alkyl halides is 1. The monoisotopic (exact) mass is 376 g/mol. The maximum absolute atomic E-state index is 14.0. The van der Waals surface area contributed by atoms with Gasteiger partial charge in [0.15, 0.2) is 0 Å². The van der Waals surface area contributed by atoms with Gasteiger partial charge in [-0.25, -0.2) is 9.18 Å². The van der Waals surface area contributed by atoms with Crippen molar-refractivity contribution >= 4 is 28.6 Å². The summed E-state index contributed by atoms with van der Waals surface area (Å²) in [6, 6.07) is 3.18. The molecule has 0 aromatic heterocycles. The first kappa shape index (κ1) is 14.8. The molecule has 1 aliphatic rings. The standard InChI is InChI=1S/C15H18FIO2/c1-15(2,3)19-14(18)12-7-11(9-4-5-9)10(8-17)6-13(12)16/h6-7,9H,4-5,8H2,1-3H3. The molecule has 2 nitrogen and oxygen atoms in total. The van der Waals surface area contributed by atoms with Gasteiger partial charge >= 0.3 is 5.97 Å². The van der Waals surface area contributed by atoms with E-state index in [0.29, 0.717) is 5.92 Å². The van der Waals surface area contributed by atoms with Crippen LogP contribution in [-0.2, 0) is 9.16 Å². The van der Waals surface area contributed by atoms with Gasteiger partial charge in [-0.1, -0.05) is 22.6 Å². The van der Waals surface area contributed by atoms with Gasteiger partial charge in [-0.05, 0) is 62.8 Å². The second kappa shape index (κ2) is 5.38. The minimum atomic E-state index is -0.606. The lowest BCUT2D eigenvalue weighted by Crippen LogP contribution is -2.24. The Labute approximate surface area is 126 Å². The van der Waals surface area contributed by atoms with E-state index >= 15 is 0 Å². The summed E-state index contributed by atoms with van der Waals surface area (Å²) >= 11 is 2.23. The summed E-state index contributed by atoms with van der Waals surface area (Å²) in [5.41, 5.74) is 1.56. The molecule has 0 radical (unpaired) electrons. The molecule has 0 saturated heterocycles. The predicted octanol–water partition coefficient (Wildman–Crippen LogP) is 4.59. The molecule has 1 aromatic rings. The van der Waals surface area contributed by atoms with Crippen LogP contribution < -0.4 is 0 Å². The van der Waals surface area contributed by atoms with Crippen LogP contribution in [0.3, 0.4) is 0 Å². The average Bonchev–Trinajstić information content (AvgIpc) is 3.09. The van der Waals surface area contributed by atoms with Crippen LogP contribution in [0.5, 0.6) is 0 Å². The lowest BCUT2D eigenvalue weighted by molar-refractivity contribution is 0.00646. The van der Waals surface area contributed by atoms with Gasteiger partial charge in [0.05, 0.1) is 5.56 Å². The zero-order chi connectivity index (χ0) is 14.2.